The van der Waals surface area contributed by atoms with Gasteiger partial charge in [0, 0.05) is 19.6 Å². The number of carboxylic acids is 1. The maximum atomic E-state index is 12.1. The molecule has 5 nitrogen and oxygen atoms in total. The zero-order valence-electron chi connectivity index (χ0n) is 11.1. The van der Waals surface area contributed by atoms with Crippen LogP contribution >= 0.6 is 0 Å². The molecule has 1 aliphatic heterocycles. The SMILES string of the molecule is CCCCCC[C@@H](C(=O)O)C(=O)[C@H]1CNCCN1. The molecule has 0 spiro atoms. The highest BCUT2D eigenvalue weighted by molar-refractivity contribution is 6.01. The molecule has 3 N–H and O–H groups in total. The van der Waals surface area contributed by atoms with E-state index >= 15 is 0 Å². The van der Waals surface area contributed by atoms with E-state index in [0.29, 0.717) is 13.0 Å². The molecule has 0 unspecified atom stereocenters. The molecule has 0 saturated carbocycles. The first-order valence-electron chi connectivity index (χ1n) is 6.87. The third-order valence-corrected chi connectivity index (χ3v) is 3.37. The highest BCUT2D eigenvalue weighted by Crippen LogP contribution is 2.14. The van der Waals surface area contributed by atoms with Crippen molar-refractivity contribution >= 4 is 11.8 Å². The summed E-state index contributed by atoms with van der Waals surface area (Å²) in [7, 11) is 0. The highest BCUT2D eigenvalue weighted by Gasteiger charge is 2.32. The predicted octanol–water partition coefficient (Wildman–Crippen LogP) is 0.788. The van der Waals surface area contributed by atoms with E-state index in [4.69, 9.17) is 5.11 Å². The van der Waals surface area contributed by atoms with E-state index in [2.05, 4.69) is 17.6 Å². The number of Topliss-reactive ketones (excluding diaryl/α,β-unsaturated/α-hetero) is 1. The largest absolute Gasteiger partial charge is 0.481 e. The average Bonchev–Trinajstić information content (AvgIpc) is 2.39. The molecule has 2 atom stereocenters. The molecule has 0 amide bonds. The molecule has 18 heavy (non-hydrogen) atoms. The van der Waals surface area contributed by atoms with Gasteiger partial charge in [0.2, 0.25) is 0 Å². The van der Waals surface area contributed by atoms with Crippen molar-refractivity contribution in [1.82, 2.24) is 10.6 Å². The molecular formula is C13H24N2O3. The topological polar surface area (TPSA) is 78.4 Å². The van der Waals surface area contributed by atoms with E-state index in [1.165, 1.54) is 0 Å². The van der Waals surface area contributed by atoms with Crippen LogP contribution in [-0.4, -0.2) is 42.5 Å². The molecule has 0 aromatic rings. The summed E-state index contributed by atoms with van der Waals surface area (Å²) in [6.07, 6.45) is 4.50. The second kappa shape index (κ2) is 8.21. The first-order chi connectivity index (χ1) is 8.66. The van der Waals surface area contributed by atoms with Crippen molar-refractivity contribution in [2.45, 2.75) is 45.1 Å². The summed E-state index contributed by atoms with van der Waals surface area (Å²) in [6, 6.07) is -0.342. The van der Waals surface area contributed by atoms with Crippen molar-refractivity contribution in [3.8, 4) is 0 Å². The summed E-state index contributed by atoms with van der Waals surface area (Å²) in [5, 5.41) is 15.4. The van der Waals surface area contributed by atoms with Crippen molar-refractivity contribution in [2.24, 2.45) is 5.92 Å². The molecule has 5 heteroatoms. The van der Waals surface area contributed by atoms with Gasteiger partial charge in [0.25, 0.3) is 0 Å². The van der Waals surface area contributed by atoms with E-state index in [9.17, 15) is 9.59 Å². The highest BCUT2D eigenvalue weighted by atomic mass is 16.4. The molecule has 0 aromatic heterocycles. The second-order valence-electron chi connectivity index (χ2n) is 4.85. The molecule has 1 heterocycles. The standard InChI is InChI=1S/C13H24N2O3/c1-2-3-4-5-6-10(13(17)18)12(16)11-9-14-7-8-15-11/h10-11,14-15H,2-9H2,1H3,(H,17,18)/t10-,11-/m1/s1. The number of hydrogen-bond acceptors (Lipinski definition) is 4. The number of hydrogen-bond donors (Lipinski definition) is 3. The van der Waals surface area contributed by atoms with Gasteiger partial charge < -0.3 is 15.7 Å². The van der Waals surface area contributed by atoms with E-state index in [-0.39, 0.29) is 11.8 Å². The fourth-order valence-corrected chi connectivity index (χ4v) is 2.26. The number of carbonyl (C=O) groups excluding carboxylic acids is 1. The Balaban J connectivity index is 2.44. The Morgan fingerprint density at radius 3 is 2.61 bits per heavy atom. The average molecular weight is 256 g/mol. The summed E-state index contributed by atoms with van der Waals surface area (Å²) < 4.78 is 0. The van der Waals surface area contributed by atoms with Crippen molar-refractivity contribution in [1.29, 1.82) is 0 Å². The number of carbonyl (C=O) groups is 2. The van der Waals surface area contributed by atoms with Crippen molar-refractivity contribution in [3.05, 3.63) is 0 Å². The molecule has 0 aliphatic carbocycles. The molecule has 0 radical (unpaired) electrons. The van der Waals surface area contributed by atoms with E-state index < -0.39 is 11.9 Å². The zero-order chi connectivity index (χ0) is 13.4. The number of piperazine rings is 1. The van der Waals surface area contributed by atoms with Gasteiger partial charge in [-0.2, -0.15) is 0 Å². The molecule has 1 rings (SSSR count). The van der Waals surface area contributed by atoms with E-state index in [1.807, 2.05) is 0 Å². The lowest BCUT2D eigenvalue weighted by molar-refractivity contribution is -0.147. The molecular weight excluding hydrogens is 232 g/mol. The van der Waals surface area contributed by atoms with Crippen LogP contribution in [0.25, 0.3) is 0 Å². The van der Waals surface area contributed by atoms with Crippen LogP contribution < -0.4 is 10.6 Å². The number of nitrogens with one attached hydrogen (secondary N) is 2. The third-order valence-electron chi connectivity index (χ3n) is 3.37. The molecule has 1 aliphatic rings. The van der Waals surface area contributed by atoms with Crippen molar-refractivity contribution in [2.75, 3.05) is 19.6 Å². The van der Waals surface area contributed by atoms with Gasteiger partial charge in [0.05, 0.1) is 6.04 Å². The Kier molecular flexibility index (Phi) is 6.90. The van der Waals surface area contributed by atoms with Gasteiger partial charge in [-0.15, -0.1) is 0 Å². The van der Waals surface area contributed by atoms with Crippen LogP contribution in [0.2, 0.25) is 0 Å². The summed E-state index contributed by atoms with van der Waals surface area (Å²) >= 11 is 0. The van der Waals surface area contributed by atoms with Crippen LogP contribution in [0.4, 0.5) is 0 Å². The lowest BCUT2D eigenvalue weighted by Gasteiger charge is -2.25. The molecule has 104 valence electrons. The Morgan fingerprint density at radius 1 is 1.28 bits per heavy atom. The fourth-order valence-electron chi connectivity index (χ4n) is 2.26. The minimum absolute atomic E-state index is 0.175. The van der Waals surface area contributed by atoms with Gasteiger partial charge in [0.1, 0.15) is 5.92 Å². The third kappa shape index (κ3) is 4.74. The Bertz CT molecular complexity index is 275. The Labute approximate surface area is 108 Å². The first-order valence-corrected chi connectivity index (χ1v) is 6.87. The van der Waals surface area contributed by atoms with Crippen LogP contribution in [0.5, 0.6) is 0 Å². The minimum atomic E-state index is -0.983. The van der Waals surface area contributed by atoms with Gasteiger partial charge in [0.15, 0.2) is 5.78 Å². The molecule has 1 fully saturated rings. The number of rotatable bonds is 8. The Morgan fingerprint density at radius 2 is 2.06 bits per heavy atom. The maximum Gasteiger partial charge on any atom is 0.314 e. The number of ketones is 1. The van der Waals surface area contributed by atoms with Gasteiger partial charge in [-0.05, 0) is 6.42 Å². The smallest absolute Gasteiger partial charge is 0.314 e. The number of carboxylic acid groups (broad SMARTS) is 1. The lowest BCUT2D eigenvalue weighted by Crippen LogP contribution is -2.54. The zero-order valence-corrected chi connectivity index (χ0v) is 11.1. The lowest BCUT2D eigenvalue weighted by atomic mass is 9.91. The summed E-state index contributed by atoms with van der Waals surface area (Å²) in [5.41, 5.74) is 0. The number of unbranched alkanes of at least 4 members (excludes halogenated alkanes) is 3. The molecule has 0 aromatic carbocycles. The maximum absolute atomic E-state index is 12.1. The normalized spacial score (nSPS) is 21.5. The fraction of sp³-hybridized carbons (Fsp3) is 0.846. The summed E-state index contributed by atoms with van der Waals surface area (Å²) in [5.74, 6) is -2.01. The van der Waals surface area contributed by atoms with Gasteiger partial charge in [-0.25, -0.2) is 0 Å². The van der Waals surface area contributed by atoms with E-state index in [0.717, 1.165) is 38.8 Å². The second-order valence-corrected chi connectivity index (χ2v) is 4.85. The van der Waals surface area contributed by atoms with Crippen LogP contribution in [-0.2, 0) is 9.59 Å². The van der Waals surface area contributed by atoms with Crippen LogP contribution in [0.3, 0.4) is 0 Å². The number of aliphatic carboxylic acids is 1. The van der Waals surface area contributed by atoms with Crippen LogP contribution in [0.15, 0.2) is 0 Å². The van der Waals surface area contributed by atoms with Crippen LogP contribution in [0.1, 0.15) is 39.0 Å². The quantitative estimate of drug-likeness (QED) is 0.442. The minimum Gasteiger partial charge on any atom is -0.481 e. The van der Waals surface area contributed by atoms with E-state index in [1.54, 1.807) is 0 Å². The van der Waals surface area contributed by atoms with Crippen molar-refractivity contribution in [3.63, 3.8) is 0 Å². The summed E-state index contributed by atoms with van der Waals surface area (Å²) in [4.78, 5) is 23.3. The Hall–Kier alpha value is -0.940. The molecule has 1 saturated heterocycles. The summed E-state index contributed by atoms with van der Waals surface area (Å²) in [6.45, 7) is 4.20. The van der Waals surface area contributed by atoms with Gasteiger partial charge in [-0.3, -0.25) is 9.59 Å². The predicted molar refractivity (Wildman–Crippen MR) is 69.6 cm³/mol. The van der Waals surface area contributed by atoms with Gasteiger partial charge in [-0.1, -0.05) is 32.6 Å². The monoisotopic (exact) mass is 256 g/mol. The van der Waals surface area contributed by atoms with Gasteiger partial charge >= 0.3 is 5.97 Å². The molecule has 0 bridgehead atoms. The first kappa shape index (κ1) is 15.1. The van der Waals surface area contributed by atoms with Crippen LogP contribution in [0, 0.1) is 5.92 Å². The van der Waals surface area contributed by atoms with Crippen molar-refractivity contribution < 1.29 is 14.7 Å².